The molecule has 0 radical (unpaired) electrons. The highest BCUT2D eigenvalue weighted by molar-refractivity contribution is 6.31. The van der Waals surface area contributed by atoms with Crippen LogP contribution in [0.1, 0.15) is 24.8 Å². The van der Waals surface area contributed by atoms with Crippen LogP contribution in [0.3, 0.4) is 0 Å². The number of benzene rings is 2. The van der Waals surface area contributed by atoms with Gasteiger partial charge in [0.1, 0.15) is 5.82 Å². The fourth-order valence-corrected chi connectivity index (χ4v) is 3.88. The zero-order valence-electron chi connectivity index (χ0n) is 14.8. The largest absolute Gasteiger partial charge is 0.355 e. The maximum Gasteiger partial charge on any atom is 0.227 e. The van der Waals surface area contributed by atoms with E-state index < -0.39 is 0 Å². The highest BCUT2D eigenvalue weighted by Crippen LogP contribution is 2.47. The molecule has 4 rings (SSSR count). The third-order valence-corrected chi connectivity index (χ3v) is 5.76. The summed E-state index contributed by atoms with van der Waals surface area (Å²) in [5.74, 6) is -0.817. The van der Waals surface area contributed by atoms with Crippen LogP contribution in [-0.4, -0.2) is 24.9 Å². The summed E-state index contributed by atoms with van der Waals surface area (Å²) in [6, 6.07) is 13.6. The van der Waals surface area contributed by atoms with Crippen molar-refractivity contribution in [3.8, 4) is 0 Å². The first-order valence-electron chi connectivity index (χ1n) is 9.07. The minimum atomic E-state index is -0.375. The normalized spacial score (nSPS) is 20.6. The van der Waals surface area contributed by atoms with Crippen molar-refractivity contribution in [2.45, 2.75) is 24.7 Å². The van der Waals surface area contributed by atoms with E-state index in [9.17, 15) is 14.0 Å². The van der Waals surface area contributed by atoms with Crippen molar-refractivity contribution in [3.05, 3.63) is 64.9 Å². The van der Waals surface area contributed by atoms with E-state index in [0.717, 1.165) is 18.4 Å². The molecule has 1 N–H and O–H groups in total. The summed E-state index contributed by atoms with van der Waals surface area (Å²) in [4.78, 5) is 26.6. The Hall–Kier alpha value is -2.40. The second kappa shape index (κ2) is 6.97. The first kappa shape index (κ1) is 18.0. The predicted octanol–water partition coefficient (Wildman–Crippen LogP) is 3.68. The first-order valence-corrected chi connectivity index (χ1v) is 9.44. The fourth-order valence-electron chi connectivity index (χ4n) is 3.70. The van der Waals surface area contributed by atoms with E-state index in [1.54, 1.807) is 35.2 Å². The molecule has 1 saturated heterocycles. The van der Waals surface area contributed by atoms with Crippen LogP contribution >= 0.6 is 11.6 Å². The molecule has 0 bridgehead atoms. The second-order valence-corrected chi connectivity index (χ2v) is 7.83. The molecular formula is C21H20ClFN2O2. The zero-order valence-corrected chi connectivity index (χ0v) is 15.5. The van der Waals surface area contributed by atoms with Crippen LogP contribution in [0.25, 0.3) is 0 Å². The van der Waals surface area contributed by atoms with Crippen LogP contribution in [0.4, 0.5) is 10.1 Å². The minimum absolute atomic E-state index is 0.0721. The number of rotatable bonds is 5. The summed E-state index contributed by atoms with van der Waals surface area (Å²) >= 11 is 6.00. The molecule has 2 amide bonds. The van der Waals surface area contributed by atoms with Crippen LogP contribution in [0, 0.1) is 11.7 Å². The Morgan fingerprint density at radius 1 is 1.22 bits per heavy atom. The summed E-state index contributed by atoms with van der Waals surface area (Å²) in [5, 5.41) is 3.57. The Morgan fingerprint density at radius 3 is 2.63 bits per heavy atom. The number of carbonyl (C=O) groups is 2. The van der Waals surface area contributed by atoms with Gasteiger partial charge in [0.05, 0.1) is 5.92 Å². The van der Waals surface area contributed by atoms with Crippen LogP contribution in [0.2, 0.25) is 5.02 Å². The number of carbonyl (C=O) groups excluding carboxylic acids is 2. The molecule has 1 heterocycles. The number of hydrogen-bond donors (Lipinski definition) is 1. The zero-order chi connectivity index (χ0) is 19.0. The molecule has 2 fully saturated rings. The van der Waals surface area contributed by atoms with Gasteiger partial charge >= 0.3 is 0 Å². The van der Waals surface area contributed by atoms with Crippen LogP contribution in [0.15, 0.2) is 48.5 Å². The first-order chi connectivity index (χ1) is 13.0. The van der Waals surface area contributed by atoms with Crippen molar-refractivity contribution in [2.75, 3.05) is 18.0 Å². The summed E-state index contributed by atoms with van der Waals surface area (Å²) in [7, 11) is 0. The van der Waals surface area contributed by atoms with Crippen molar-refractivity contribution >= 4 is 29.1 Å². The summed E-state index contributed by atoms with van der Waals surface area (Å²) in [6.45, 7) is 0.869. The number of amides is 2. The number of hydrogen-bond acceptors (Lipinski definition) is 2. The molecule has 2 aliphatic rings. The number of halogens is 2. The summed E-state index contributed by atoms with van der Waals surface area (Å²) < 4.78 is 13.1. The molecule has 1 atom stereocenters. The molecule has 1 aliphatic heterocycles. The predicted molar refractivity (Wildman–Crippen MR) is 102 cm³/mol. The van der Waals surface area contributed by atoms with Gasteiger partial charge in [-0.15, -0.1) is 0 Å². The molecule has 1 unspecified atom stereocenters. The van der Waals surface area contributed by atoms with E-state index in [0.29, 0.717) is 23.8 Å². The molecule has 2 aromatic carbocycles. The molecule has 1 saturated carbocycles. The molecule has 1 aliphatic carbocycles. The Kier molecular flexibility index (Phi) is 4.64. The third-order valence-electron chi connectivity index (χ3n) is 5.53. The van der Waals surface area contributed by atoms with Crippen LogP contribution in [-0.2, 0) is 15.0 Å². The van der Waals surface area contributed by atoms with Gasteiger partial charge in [-0.25, -0.2) is 4.39 Å². The Balaban J connectivity index is 1.38. The molecule has 0 spiro atoms. The molecule has 27 heavy (non-hydrogen) atoms. The van der Waals surface area contributed by atoms with Gasteiger partial charge in [0, 0.05) is 35.6 Å². The van der Waals surface area contributed by atoms with Gasteiger partial charge in [-0.05, 0) is 48.7 Å². The van der Waals surface area contributed by atoms with Gasteiger partial charge in [0.2, 0.25) is 11.8 Å². The third kappa shape index (κ3) is 3.69. The van der Waals surface area contributed by atoms with E-state index >= 15 is 0 Å². The number of nitrogens with one attached hydrogen (secondary N) is 1. The van der Waals surface area contributed by atoms with Gasteiger partial charge in [-0.2, -0.15) is 0 Å². The topological polar surface area (TPSA) is 49.4 Å². The number of anilines is 1. The lowest BCUT2D eigenvalue weighted by atomic mass is 9.95. The van der Waals surface area contributed by atoms with Crippen molar-refractivity contribution in [2.24, 2.45) is 5.92 Å². The SMILES string of the molecule is O=C(NCC1(c2ccc(F)cc2)CC1)C1CC(=O)N(c2cccc(Cl)c2)C1. The highest BCUT2D eigenvalue weighted by atomic mass is 35.5. The smallest absolute Gasteiger partial charge is 0.227 e. The monoisotopic (exact) mass is 386 g/mol. The Labute approximate surface area is 162 Å². The quantitative estimate of drug-likeness (QED) is 0.852. The van der Waals surface area contributed by atoms with Crippen LogP contribution < -0.4 is 10.2 Å². The van der Waals surface area contributed by atoms with Gasteiger partial charge in [0.15, 0.2) is 0 Å². The standard InChI is InChI=1S/C21H20ClFN2O2/c22-16-2-1-3-18(11-16)25-12-14(10-19(25)26)20(27)24-13-21(8-9-21)15-4-6-17(23)7-5-15/h1-7,11,14H,8-10,12-13H2,(H,24,27). The molecule has 0 aromatic heterocycles. The molecule has 140 valence electrons. The fraction of sp³-hybridized carbons (Fsp3) is 0.333. The van der Waals surface area contributed by atoms with Crippen molar-refractivity contribution in [1.82, 2.24) is 5.32 Å². The summed E-state index contributed by atoms with van der Waals surface area (Å²) in [6.07, 6.45) is 2.14. The van der Waals surface area contributed by atoms with Gasteiger partial charge in [-0.1, -0.05) is 29.8 Å². The van der Waals surface area contributed by atoms with Crippen molar-refractivity contribution in [1.29, 1.82) is 0 Å². The maximum atomic E-state index is 13.1. The van der Waals surface area contributed by atoms with Gasteiger partial charge in [-0.3, -0.25) is 9.59 Å². The summed E-state index contributed by atoms with van der Waals surface area (Å²) in [5.41, 5.74) is 1.67. The molecule has 4 nitrogen and oxygen atoms in total. The van der Waals surface area contributed by atoms with E-state index in [1.165, 1.54) is 12.1 Å². The average molecular weight is 387 g/mol. The van der Waals surface area contributed by atoms with Crippen LogP contribution in [0.5, 0.6) is 0 Å². The maximum absolute atomic E-state index is 13.1. The lowest BCUT2D eigenvalue weighted by molar-refractivity contribution is -0.126. The lowest BCUT2D eigenvalue weighted by Crippen LogP contribution is -2.37. The second-order valence-electron chi connectivity index (χ2n) is 7.39. The van der Waals surface area contributed by atoms with Crippen molar-refractivity contribution in [3.63, 3.8) is 0 Å². The van der Waals surface area contributed by atoms with E-state index in [4.69, 9.17) is 11.6 Å². The van der Waals surface area contributed by atoms with Gasteiger partial charge in [0.25, 0.3) is 0 Å². The molecular weight excluding hydrogens is 367 g/mol. The van der Waals surface area contributed by atoms with Gasteiger partial charge < -0.3 is 10.2 Å². The van der Waals surface area contributed by atoms with E-state index in [1.807, 2.05) is 6.07 Å². The Morgan fingerprint density at radius 2 is 1.96 bits per heavy atom. The highest BCUT2D eigenvalue weighted by Gasteiger charge is 2.45. The minimum Gasteiger partial charge on any atom is -0.355 e. The van der Waals surface area contributed by atoms with E-state index in [2.05, 4.69) is 5.32 Å². The molecule has 6 heteroatoms. The Bertz CT molecular complexity index is 880. The number of nitrogens with zero attached hydrogens (tertiary/aromatic N) is 1. The van der Waals surface area contributed by atoms with E-state index in [-0.39, 0.29) is 35.4 Å². The molecule has 2 aromatic rings. The van der Waals surface area contributed by atoms with Crippen molar-refractivity contribution < 1.29 is 14.0 Å². The average Bonchev–Trinajstić information content (AvgIpc) is 3.35. The lowest BCUT2D eigenvalue weighted by Gasteiger charge is -2.19.